The van der Waals surface area contributed by atoms with Crippen LogP contribution in [0, 0.1) is 0 Å². The Labute approximate surface area is 61.4 Å². The fourth-order valence-corrected chi connectivity index (χ4v) is 0. The van der Waals surface area contributed by atoms with Gasteiger partial charge in [0.25, 0.3) is 0 Å². The third kappa shape index (κ3) is 9.28. The van der Waals surface area contributed by atoms with Gasteiger partial charge >= 0.3 is 0 Å². The van der Waals surface area contributed by atoms with E-state index in [1.807, 2.05) is 0 Å². The first-order valence-corrected chi connectivity index (χ1v) is 0. The Balaban J connectivity index is 0. The van der Waals surface area contributed by atoms with Crippen molar-refractivity contribution in [3.05, 3.63) is 0 Å². The molecule has 4 heavy (non-hydrogen) atoms. The number of rotatable bonds is 0. The second-order valence-corrected chi connectivity index (χ2v) is 0. The van der Waals surface area contributed by atoms with E-state index in [2.05, 4.69) is 0 Å². The molecule has 0 aliphatic rings. The fraction of sp³-hybridized carbons (Fsp3) is 0. The van der Waals surface area contributed by atoms with E-state index in [1.165, 1.54) is 0 Å². The second-order valence-electron chi connectivity index (χ2n) is 0. The summed E-state index contributed by atoms with van der Waals surface area (Å²) in [5.74, 6) is 0. The molecule has 0 aliphatic carbocycles. The summed E-state index contributed by atoms with van der Waals surface area (Å²) in [5.41, 5.74) is 0. The molecule has 0 aromatic carbocycles. The normalized spacial score (nSPS) is 0. The number of hydrogen-bond donors (Lipinski definition) is 0. The van der Waals surface area contributed by atoms with E-state index in [0.29, 0.717) is 0 Å². The van der Waals surface area contributed by atoms with Crippen molar-refractivity contribution in [2.75, 3.05) is 0 Å². The Hall–Kier alpha value is 1.74. The molecule has 0 aliphatic heterocycles. The molecule has 0 saturated carbocycles. The largest absolute Gasteiger partial charge is 0.187 e. The maximum Gasteiger partial charge on any atom is 0.187 e. The second kappa shape index (κ2) is 21.9. The van der Waals surface area contributed by atoms with Crippen LogP contribution < -0.4 is 0 Å². The summed E-state index contributed by atoms with van der Waals surface area (Å²) in [4.78, 5) is 0. The van der Waals surface area contributed by atoms with Crippen molar-refractivity contribution in [2.24, 2.45) is 0 Å². The van der Waals surface area contributed by atoms with Crippen LogP contribution in [0.3, 0.4) is 0 Å². The molecule has 0 spiro atoms. The zero-order chi connectivity index (χ0) is 0. The summed E-state index contributed by atoms with van der Waals surface area (Å²) in [5, 5.41) is 0. The van der Waals surface area contributed by atoms with Gasteiger partial charge in [-0.1, -0.05) is 0 Å². The van der Waals surface area contributed by atoms with Crippen molar-refractivity contribution in [3.8, 4) is 0 Å². The number of hydrogen-bond acceptors (Lipinski definition) is 0. The first-order valence-electron chi connectivity index (χ1n) is 0. The van der Waals surface area contributed by atoms with Crippen molar-refractivity contribution in [1.29, 1.82) is 0 Å². The van der Waals surface area contributed by atoms with Crippen LogP contribution in [0.1, 0.15) is 0 Å². The van der Waals surface area contributed by atoms with Crippen LogP contribution >= 0.6 is 24.8 Å². The van der Waals surface area contributed by atoms with Gasteiger partial charge in [-0.25, -0.2) is 0 Å². The standard InChI is InChI=1S/Al.2ClH.Zn.3H/h;2*1H;;;;. The van der Waals surface area contributed by atoms with Gasteiger partial charge in [0, 0.05) is 19.5 Å². The van der Waals surface area contributed by atoms with Crippen LogP contribution in [0.15, 0.2) is 0 Å². The minimum Gasteiger partial charge on any atom is -0.147 e. The van der Waals surface area contributed by atoms with Gasteiger partial charge in [0.2, 0.25) is 0 Å². The molecule has 0 bridgehead atoms. The third-order valence-corrected chi connectivity index (χ3v) is 0. The summed E-state index contributed by atoms with van der Waals surface area (Å²) >= 11 is 0. The van der Waals surface area contributed by atoms with Crippen molar-refractivity contribution >= 4 is 42.2 Å². The van der Waals surface area contributed by atoms with Crippen LogP contribution in [0.5, 0.6) is 0 Å². The molecule has 24 valence electrons. The first kappa shape index (κ1) is 42.7. The molecule has 0 saturated heterocycles. The van der Waals surface area contributed by atoms with E-state index in [0.717, 1.165) is 0 Å². The van der Waals surface area contributed by atoms with Gasteiger partial charge in [-0.2, -0.15) is 0 Å². The quantitative estimate of drug-likeness (QED) is 0.434. The smallest absolute Gasteiger partial charge is 0.147 e. The van der Waals surface area contributed by atoms with Crippen LogP contribution in [-0.4, -0.2) is 17.4 Å². The topological polar surface area (TPSA) is 0 Å². The van der Waals surface area contributed by atoms with Gasteiger partial charge < -0.3 is 0 Å². The minimum atomic E-state index is 0. The van der Waals surface area contributed by atoms with Crippen LogP contribution in [0.25, 0.3) is 0 Å². The maximum atomic E-state index is 0. The molecule has 0 nitrogen and oxygen atoms in total. The molecule has 0 heterocycles. The SMILES string of the molecule is Cl.Cl.[AlH3].[Zn]. The molecule has 0 N–H and O–H groups in total. The summed E-state index contributed by atoms with van der Waals surface area (Å²) < 4.78 is 0. The Kier molecular flexibility index (Phi) is 234. The van der Waals surface area contributed by atoms with E-state index in [9.17, 15) is 0 Å². The third-order valence-electron chi connectivity index (χ3n) is 0. The summed E-state index contributed by atoms with van der Waals surface area (Å²) in [6.45, 7) is 0. The molecule has 0 unspecified atom stereocenters. The Bertz CT molecular complexity index is 6.00. The van der Waals surface area contributed by atoms with Gasteiger partial charge in [0.15, 0.2) is 17.4 Å². The molecule has 0 radical (unpaired) electrons. The van der Waals surface area contributed by atoms with Crippen molar-refractivity contribution < 1.29 is 19.5 Å². The molecular weight excluding hydrogens is 163 g/mol. The molecule has 4 heteroatoms. The van der Waals surface area contributed by atoms with E-state index in [4.69, 9.17) is 0 Å². The van der Waals surface area contributed by atoms with Gasteiger partial charge in [-0.15, -0.1) is 24.8 Å². The molecule has 0 aromatic heterocycles. The summed E-state index contributed by atoms with van der Waals surface area (Å²) in [6, 6.07) is 0. The van der Waals surface area contributed by atoms with Gasteiger partial charge in [-0.05, 0) is 0 Å². The van der Waals surface area contributed by atoms with Crippen LogP contribution in [0.4, 0.5) is 0 Å². The van der Waals surface area contributed by atoms with Crippen molar-refractivity contribution in [1.82, 2.24) is 0 Å². The summed E-state index contributed by atoms with van der Waals surface area (Å²) in [6.07, 6.45) is 0. The van der Waals surface area contributed by atoms with E-state index in [-0.39, 0.29) is 61.7 Å². The van der Waals surface area contributed by atoms with Gasteiger partial charge in [0.1, 0.15) is 0 Å². The minimum absolute atomic E-state index is 0. The molecule has 0 amide bonds. The maximum absolute atomic E-state index is 0. The molecule has 0 aromatic rings. The zero-order valence-electron chi connectivity index (χ0n) is 1.52. The molecular formula is H5AlCl2Zn. The average Bonchev–Trinajstić information content (AvgIpc) is 0. The summed E-state index contributed by atoms with van der Waals surface area (Å²) in [7, 11) is 0. The van der Waals surface area contributed by atoms with E-state index < -0.39 is 0 Å². The monoisotopic (exact) mass is 166 g/mol. The zero-order valence-corrected chi connectivity index (χ0v) is 6.12. The van der Waals surface area contributed by atoms with Crippen molar-refractivity contribution in [3.63, 3.8) is 0 Å². The molecule has 0 atom stereocenters. The van der Waals surface area contributed by atoms with Gasteiger partial charge in [-0.3, -0.25) is 0 Å². The molecule has 0 rings (SSSR count). The predicted molar refractivity (Wildman–Crippen MR) is 24.4 cm³/mol. The Morgan fingerprint density at radius 1 is 0.750 bits per heavy atom. The van der Waals surface area contributed by atoms with E-state index >= 15 is 0 Å². The van der Waals surface area contributed by atoms with Crippen LogP contribution in [0.2, 0.25) is 0 Å². The van der Waals surface area contributed by atoms with Crippen molar-refractivity contribution in [2.45, 2.75) is 0 Å². The first-order chi connectivity index (χ1) is 0. The van der Waals surface area contributed by atoms with Gasteiger partial charge in [0.05, 0.1) is 0 Å². The Morgan fingerprint density at radius 2 is 0.750 bits per heavy atom. The Morgan fingerprint density at radius 3 is 0.750 bits per heavy atom. The number of halogens is 2. The average molecular weight is 168 g/mol. The predicted octanol–water partition coefficient (Wildman–Crippen LogP) is -0.343. The van der Waals surface area contributed by atoms with Crippen LogP contribution in [-0.2, 0) is 19.5 Å². The van der Waals surface area contributed by atoms with E-state index in [1.54, 1.807) is 0 Å². The fourth-order valence-electron chi connectivity index (χ4n) is 0. The molecule has 0 fully saturated rings.